The predicted octanol–water partition coefficient (Wildman–Crippen LogP) is 5.40. The number of aryl methyl sites for hydroxylation is 2. The number of nitrogens with zero attached hydrogens (tertiary/aromatic N) is 2. The number of allylic oxidation sites excluding steroid dienone is 1. The second-order valence-electron chi connectivity index (χ2n) is 7.70. The minimum Gasteiger partial charge on any atom is -0.342 e. The maximum Gasteiger partial charge on any atom is 0.260 e. The molecular weight excluding hydrogens is 402 g/mol. The van der Waals surface area contributed by atoms with Gasteiger partial charge in [0.05, 0.1) is 20.6 Å². The number of H-pyrrole nitrogens is 1. The smallest absolute Gasteiger partial charge is 0.260 e. The molecule has 0 radical (unpaired) electrons. The Hall–Kier alpha value is -2.24. The fourth-order valence-electron chi connectivity index (χ4n) is 4.16. The summed E-state index contributed by atoms with van der Waals surface area (Å²) >= 11 is 7.65. The molecule has 1 unspecified atom stereocenters. The highest BCUT2D eigenvalue weighted by Gasteiger charge is 2.27. The maximum atomic E-state index is 13.0. The Labute approximate surface area is 179 Å². The number of halogens is 1. The summed E-state index contributed by atoms with van der Waals surface area (Å²) in [7, 11) is 0. The number of alkyl halides is 1. The third kappa shape index (κ3) is 3.69. The summed E-state index contributed by atoms with van der Waals surface area (Å²) in [5.74, 6) is 1.04. The van der Waals surface area contributed by atoms with Gasteiger partial charge in [0.15, 0.2) is 0 Å². The Morgan fingerprint density at radius 1 is 1.21 bits per heavy atom. The van der Waals surface area contributed by atoms with E-state index in [1.807, 2.05) is 17.9 Å². The van der Waals surface area contributed by atoms with E-state index in [4.69, 9.17) is 11.6 Å². The van der Waals surface area contributed by atoms with Gasteiger partial charge in [-0.3, -0.25) is 4.79 Å². The minimum absolute atomic E-state index is 0.0135. The summed E-state index contributed by atoms with van der Waals surface area (Å²) < 4.78 is -0.0135. The van der Waals surface area contributed by atoms with Gasteiger partial charge in [0.25, 0.3) is 5.91 Å². The van der Waals surface area contributed by atoms with Crippen LogP contribution in [0.5, 0.6) is 0 Å². The van der Waals surface area contributed by atoms with Crippen LogP contribution in [0.4, 0.5) is 0 Å². The fraction of sp³-hybridized carbons (Fsp3) is 0.304. The zero-order valence-corrected chi connectivity index (χ0v) is 17.8. The predicted molar refractivity (Wildman–Crippen MR) is 120 cm³/mol. The monoisotopic (exact) mass is 423 g/mol. The van der Waals surface area contributed by atoms with Gasteiger partial charge in [-0.05, 0) is 66.6 Å². The molecule has 1 N–H and O–H groups in total. The molecule has 3 aromatic rings. The Balaban J connectivity index is 1.45. The molecule has 148 valence electrons. The van der Waals surface area contributed by atoms with E-state index in [1.54, 1.807) is 0 Å². The summed E-state index contributed by atoms with van der Waals surface area (Å²) in [4.78, 5) is 23.6. The molecule has 0 saturated heterocycles. The number of hydrogen-bond donors (Lipinski definition) is 1. The number of amides is 1. The molecule has 5 rings (SSSR count). The number of imidazole rings is 1. The van der Waals surface area contributed by atoms with Crippen molar-refractivity contribution in [3.8, 4) is 11.1 Å². The summed E-state index contributed by atoms with van der Waals surface area (Å²) in [6, 6.07) is 13.0. The number of carbonyl (C=O) groups excluding carboxylic acids is 1. The molecule has 2 aromatic carbocycles. The van der Waals surface area contributed by atoms with Crippen molar-refractivity contribution in [1.82, 2.24) is 14.9 Å². The van der Waals surface area contributed by atoms with E-state index < -0.39 is 0 Å². The highest BCUT2D eigenvalue weighted by Crippen LogP contribution is 2.36. The van der Waals surface area contributed by atoms with Crippen LogP contribution >= 0.6 is 23.4 Å². The first-order valence-corrected chi connectivity index (χ1v) is 11.3. The van der Waals surface area contributed by atoms with Gasteiger partial charge in [-0.15, -0.1) is 23.4 Å². The molecule has 0 saturated carbocycles. The van der Waals surface area contributed by atoms with Gasteiger partial charge in [0.2, 0.25) is 0 Å². The summed E-state index contributed by atoms with van der Waals surface area (Å²) in [5, 5.41) is 0. The normalized spacial score (nSPS) is 19.2. The Bertz CT molecular complexity index is 1140. The molecule has 0 spiro atoms. The van der Waals surface area contributed by atoms with E-state index >= 15 is 0 Å². The summed E-state index contributed by atoms with van der Waals surface area (Å²) in [6.45, 7) is 3.40. The van der Waals surface area contributed by atoms with Crippen LogP contribution in [-0.4, -0.2) is 32.0 Å². The van der Waals surface area contributed by atoms with Crippen molar-refractivity contribution in [2.75, 3.05) is 6.54 Å². The second kappa shape index (κ2) is 7.54. The molecule has 2 aliphatic rings. The van der Waals surface area contributed by atoms with Crippen LogP contribution in [0, 0.1) is 6.92 Å². The molecule has 0 aliphatic carbocycles. The molecule has 2 aliphatic heterocycles. The first kappa shape index (κ1) is 18.8. The number of benzene rings is 2. The number of nitrogens with one attached hydrogen (secondary N) is 1. The molecular formula is C23H22ClN3OS. The third-order valence-corrected chi connectivity index (χ3v) is 7.11. The van der Waals surface area contributed by atoms with Crippen LogP contribution < -0.4 is 0 Å². The van der Waals surface area contributed by atoms with Crippen molar-refractivity contribution < 1.29 is 4.79 Å². The molecule has 1 amide bonds. The third-order valence-electron chi connectivity index (χ3n) is 5.62. The fourth-order valence-corrected chi connectivity index (χ4v) is 5.42. The van der Waals surface area contributed by atoms with E-state index in [9.17, 15) is 4.79 Å². The van der Waals surface area contributed by atoms with Crippen LogP contribution in [0.3, 0.4) is 0 Å². The summed E-state index contributed by atoms with van der Waals surface area (Å²) in [6.07, 6.45) is 4.73. The first-order valence-electron chi connectivity index (χ1n) is 9.95. The molecule has 1 atom stereocenters. The number of thioether (sulfide) groups is 1. The number of hydrogen-bond acceptors (Lipinski definition) is 3. The van der Waals surface area contributed by atoms with Crippen LogP contribution in [0.15, 0.2) is 47.4 Å². The molecule has 0 bridgehead atoms. The van der Waals surface area contributed by atoms with E-state index in [1.165, 1.54) is 22.9 Å². The average molecular weight is 424 g/mol. The Morgan fingerprint density at radius 2 is 2.03 bits per heavy atom. The largest absolute Gasteiger partial charge is 0.342 e. The highest BCUT2D eigenvalue weighted by atomic mass is 35.5. The van der Waals surface area contributed by atoms with Crippen molar-refractivity contribution in [2.24, 2.45) is 0 Å². The van der Waals surface area contributed by atoms with E-state index in [0.717, 1.165) is 58.7 Å². The van der Waals surface area contributed by atoms with Crippen LogP contribution in [0.1, 0.15) is 29.8 Å². The highest BCUT2D eigenvalue weighted by molar-refractivity contribution is 8.05. The van der Waals surface area contributed by atoms with Gasteiger partial charge < -0.3 is 9.88 Å². The zero-order chi connectivity index (χ0) is 20.0. The number of aromatic amines is 1. The summed E-state index contributed by atoms with van der Waals surface area (Å²) in [5.41, 5.74) is 6.91. The molecule has 4 nitrogen and oxygen atoms in total. The van der Waals surface area contributed by atoms with Crippen molar-refractivity contribution in [1.29, 1.82) is 0 Å². The number of fused-ring (bicyclic) bond motifs is 2. The lowest BCUT2D eigenvalue weighted by Gasteiger charge is -2.21. The van der Waals surface area contributed by atoms with Gasteiger partial charge in [0, 0.05) is 13.1 Å². The standard InChI is InChI=1S/C23H22ClN3OS/c1-14-25-19-7-6-17(12-20(19)26-14)16-5-4-15-3-2-10-27(13-18(15)11-16)23(28)21-8-9-22(24)29-21/h4-8,11-12,22H,2-3,9-10,13H2,1H3,(H,25,26). The number of rotatable bonds is 2. The van der Waals surface area contributed by atoms with Gasteiger partial charge in [0.1, 0.15) is 5.82 Å². The average Bonchev–Trinajstić information content (AvgIpc) is 3.24. The van der Waals surface area contributed by atoms with E-state index in [-0.39, 0.29) is 10.6 Å². The maximum absolute atomic E-state index is 13.0. The Morgan fingerprint density at radius 3 is 2.86 bits per heavy atom. The Kier molecular flexibility index (Phi) is 4.88. The van der Waals surface area contributed by atoms with Crippen molar-refractivity contribution in [3.05, 3.63) is 64.3 Å². The zero-order valence-electron chi connectivity index (χ0n) is 16.2. The molecule has 3 heterocycles. The lowest BCUT2D eigenvalue weighted by Crippen LogP contribution is -2.31. The van der Waals surface area contributed by atoms with Gasteiger partial charge in [-0.2, -0.15) is 0 Å². The minimum atomic E-state index is -0.0135. The van der Waals surface area contributed by atoms with Crippen LogP contribution in [-0.2, 0) is 17.8 Å². The molecule has 1 aromatic heterocycles. The van der Waals surface area contributed by atoms with Crippen molar-refractivity contribution in [3.63, 3.8) is 0 Å². The van der Waals surface area contributed by atoms with E-state index in [2.05, 4.69) is 46.4 Å². The van der Waals surface area contributed by atoms with E-state index in [0.29, 0.717) is 6.54 Å². The lowest BCUT2D eigenvalue weighted by atomic mass is 9.97. The molecule has 6 heteroatoms. The quantitative estimate of drug-likeness (QED) is 0.561. The molecule has 0 fully saturated rings. The van der Waals surface area contributed by atoms with Crippen molar-refractivity contribution >= 4 is 40.3 Å². The van der Waals surface area contributed by atoms with Gasteiger partial charge >= 0.3 is 0 Å². The second-order valence-corrected chi connectivity index (χ2v) is 9.73. The number of carbonyl (C=O) groups is 1. The van der Waals surface area contributed by atoms with Gasteiger partial charge in [-0.25, -0.2) is 4.98 Å². The lowest BCUT2D eigenvalue weighted by molar-refractivity contribution is -0.126. The van der Waals surface area contributed by atoms with Crippen LogP contribution in [0.25, 0.3) is 22.2 Å². The SMILES string of the molecule is Cc1nc2cc(-c3ccc4c(c3)CN(C(=O)C3=CCC(Cl)S3)CCC4)ccc2[nH]1. The number of aromatic nitrogens is 2. The van der Waals surface area contributed by atoms with Crippen LogP contribution in [0.2, 0.25) is 0 Å². The van der Waals surface area contributed by atoms with Crippen molar-refractivity contribution in [2.45, 2.75) is 37.4 Å². The van der Waals surface area contributed by atoms with Gasteiger partial charge in [-0.1, -0.05) is 24.3 Å². The first-order chi connectivity index (χ1) is 14.1. The topological polar surface area (TPSA) is 49.0 Å². The molecule has 29 heavy (non-hydrogen) atoms.